The van der Waals surface area contributed by atoms with E-state index in [0.717, 1.165) is 13.1 Å². The van der Waals surface area contributed by atoms with Gasteiger partial charge in [-0.1, -0.05) is 25.0 Å². The van der Waals surface area contributed by atoms with E-state index in [1.165, 1.54) is 25.7 Å². The van der Waals surface area contributed by atoms with Gasteiger partial charge in [0, 0.05) is 19.0 Å². The normalized spacial score (nSPS) is 27.3. The second-order valence-electron chi connectivity index (χ2n) is 4.27. The topological polar surface area (TPSA) is 32.3 Å². The van der Waals surface area contributed by atoms with Gasteiger partial charge in [0.15, 0.2) is 0 Å². The van der Waals surface area contributed by atoms with E-state index in [1.54, 1.807) is 0 Å². The van der Waals surface area contributed by atoms with Gasteiger partial charge in [-0.25, -0.2) is 0 Å². The lowest BCUT2D eigenvalue weighted by atomic mass is 9.79. The highest BCUT2D eigenvalue weighted by atomic mass is 35.5. The SMILES string of the molecule is OCC1CCCCC1CNC/C=C/CCl. The second-order valence-corrected chi connectivity index (χ2v) is 4.58. The van der Waals surface area contributed by atoms with Crippen LogP contribution in [0.4, 0.5) is 0 Å². The number of halogens is 1. The highest BCUT2D eigenvalue weighted by Crippen LogP contribution is 2.28. The van der Waals surface area contributed by atoms with Gasteiger partial charge in [-0.05, 0) is 31.2 Å². The molecule has 0 aromatic rings. The molecule has 0 heterocycles. The van der Waals surface area contributed by atoms with Crippen LogP contribution in [-0.2, 0) is 0 Å². The Morgan fingerprint density at radius 3 is 2.60 bits per heavy atom. The van der Waals surface area contributed by atoms with Gasteiger partial charge in [-0.2, -0.15) is 0 Å². The van der Waals surface area contributed by atoms with Crippen LogP contribution in [0.1, 0.15) is 25.7 Å². The molecule has 0 amide bonds. The van der Waals surface area contributed by atoms with Gasteiger partial charge < -0.3 is 10.4 Å². The predicted molar refractivity (Wildman–Crippen MR) is 65.3 cm³/mol. The van der Waals surface area contributed by atoms with E-state index in [1.807, 2.05) is 6.08 Å². The van der Waals surface area contributed by atoms with Crippen molar-refractivity contribution in [1.82, 2.24) is 5.32 Å². The molecular formula is C12H22ClNO. The lowest BCUT2D eigenvalue weighted by Gasteiger charge is -2.30. The van der Waals surface area contributed by atoms with E-state index in [4.69, 9.17) is 11.6 Å². The molecule has 1 fully saturated rings. The van der Waals surface area contributed by atoms with E-state index in [9.17, 15) is 5.11 Å². The molecule has 0 saturated heterocycles. The molecule has 0 radical (unpaired) electrons. The zero-order chi connectivity index (χ0) is 10.9. The summed E-state index contributed by atoms with van der Waals surface area (Å²) >= 11 is 5.53. The van der Waals surface area contributed by atoms with Gasteiger partial charge in [0.25, 0.3) is 0 Å². The fourth-order valence-electron chi connectivity index (χ4n) is 2.29. The molecule has 15 heavy (non-hydrogen) atoms. The number of aliphatic hydroxyl groups is 1. The fourth-order valence-corrected chi connectivity index (χ4v) is 2.42. The largest absolute Gasteiger partial charge is 0.396 e. The third-order valence-electron chi connectivity index (χ3n) is 3.23. The summed E-state index contributed by atoms with van der Waals surface area (Å²) in [6.45, 7) is 2.27. The second kappa shape index (κ2) is 8.14. The van der Waals surface area contributed by atoms with Gasteiger partial charge in [-0.3, -0.25) is 0 Å². The van der Waals surface area contributed by atoms with Gasteiger partial charge in [0.05, 0.1) is 0 Å². The number of hydrogen-bond acceptors (Lipinski definition) is 2. The van der Waals surface area contributed by atoms with Gasteiger partial charge in [-0.15, -0.1) is 11.6 Å². The first-order chi connectivity index (χ1) is 7.38. The standard InChI is InChI=1S/C12H22ClNO/c13-7-3-4-8-14-9-11-5-1-2-6-12(11)10-15/h3-4,11-12,14-15H,1-2,5-10H2/b4-3+. The molecule has 2 atom stereocenters. The molecule has 2 N–H and O–H groups in total. The third-order valence-corrected chi connectivity index (χ3v) is 3.40. The molecule has 0 aliphatic heterocycles. The maximum Gasteiger partial charge on any atom is 0.0462 e. The molecule has 2 unspecified atom stereocenters. The Morgan fingerprint density at radius 2 is 1.93 bits per heavy atom. The number of alkyl halides is 1. The van der Waals surface area contributed by atoms with Crippen LogP contribution >= 0.6 is 11.6 Å². The van der Waals surface area contributed by atoms with Crippen LogP contribution in [-0.4, -0.2) is 30.7 Å². The average molecular weight is 232 g/mol. The van der Waals surface area contributed by atoms with Crippen LogP contribution in [0.2, 0.25) is 0 Å². The van der Waals surface area contributed by atoms with Crippen LogP contribution in [0.25, 0.3) is 0 Å². The molecule has 1 saturated carbocycles. The lowest BCUT2D eigenvalue weighted by Crippen LogP contribution is -2.32. The lowest BCUT2D eigenvalue weighted by molar-refractivity contribution is 0.134. The van der Waals surface area contributed by atoms with Gasteiger partial charge in [0.1, 0.15) is 0 Å². The summed E-state index contributed by atoms with van der Waals surface area (Å²) in [5.74, 6) is 1.76. The van der Waals surface area contributed by atoms with E-state index in [2.05, 4.69) is 11.4 Å². The van der Waals surface area contributed by atoms with E-state index in [0.29, 0.717) is 24.3 Å². The zero-order valence-electron chi connectivity index (χ0n) is 9.29. The van der Waals surface area contributed by atoms with Crippen molar-refractivity contribution in [3.63, 3.8) is 0 Å². The number of nitrogens with one attached hydrogen (secondary N) is 1. The van der Waals surface area contributed by atoms with Crippen molar-refractivity contribution in [1.29, 1.82) is 0 Å². The van der Waals surface area contributed by atoms with Crippen molar-refractivity contribution in [3.05, 3.63) is 12.2 Å². The van der Waals surface area contributed by atoms with Crippen molar-refractivity contribution in [2.24, 2.45) is 11.8 Å². The van der Waals surface area contributed by atoms with Crippen LogP contribution < -0.4 is 5.32 Å². The van der Waals surface area contributed by atoms with Crippen molar-refractivity contribution >= 4 is 11.6 Å². The Kier molecular flexibility index (Phi) is 7.07. The fraction of sp³-hybridized carbons (Fsp3) is 0.833. The molecule has 0 aromatic carbocycles. The minimum Gasteiger partial charge on any atom is -0.396 e. The summed E-state index contributed by atoms with van der Waals surface area (Å²) in [5, 5.41) is 12.6. The monoisotopic (exact) mass is 231 g/mol. The number of hydrogen-bond donors (Lipinski definition) is 2. The first-order valence-electron chi connectivity index (χ1n) is 5.91. The maximum atomic E-state index is 9.24. The van der Waals surface area contributed by atoms with Crippen molar-refractivity contribution in [2.75, 3.05) is 25.6 Å². The highest BCUT2D eigenvalue weighted by Gasteiger charge is 2.23. The van der Waals surface area contributed by atoms with Crippen LogP contribution in [0.5, 0.6) is 0 Å². The first kappa shape index (κ1) is 13.0. The minimum absolute atomic E-state index is 0.351. The highest BCUT2D eigenvalue weighted by molar-refractivity contribution is 6.18. The number of aliphatic hydroxyl groups excluding tert-OH is 1. The van der Waals surface area contributed by atoms with E-state index >= 15 is 0 Å². The average Bonchev–Trinajstić information content (AvgIpc) is 2.29. The number of rotatable bonds is 6. The van der Waals surface area contributed by atoms with Crippen LogP contribution in [0.15, 0.2) is 12.2 Å². The molecular weight excluding hydrogens is 210 g/mol. The third kappa shape index (κ3) is 5.01. The first-order valence-corrected chi connectivity index (χ1v) is 6.44. The molecule has 1 aliphatic rings. The van der Waals surface area contributed by atoms with Crippen molar-refractivity contribution < 1.29 is 5.11 Å². The Bertz CT molecular complexity index is 184. The van der Waals surface area contributed by atoms with Crippen molar-refractivity contribution in [3.8, 4) is 0 Å². The molecule has 3 heteroatoms. The molecule has 2 nitrogen and oxygen atoms in total. The Balaban J connectivity index is 2.15. The number of allylic oxidation sites excluding steroid dienone is 1. The molecule has 88 valence electrons. The van der Waals surface area contributed by atoms with Crippen LogP contribution in [0.3, 0.4) is 0 Å². The summed E-state index contributed by atoms with van der Waals surface area (Å²) in [6.07, 6.45) is 9.08. The summed E-state index contributed by atoms with van der Waals surface area (Å²) in [7, 11) is 0. The van der Waals surface area contributed by atoms with E-state index in [-0.39, 0.29) is 0 Å². The summed E-state index contributed by atoms with van der Waals surface area (Å²) in [4.78, 5) is 0. The Hall–Kier alpha value is -0.0500. The predicted octanol–water partition coefficient (Wildman–Crippen LogP) is 2.17. The van der Waals surface area contributed by atoms with E-state index < -0.39 is 0 Å². The molecule has 0 bridgehead atoms. The summed E-state index contributed by atoms with van der Waals surface area (Å²) in [6, 6.07) is 0. The summed E-state index contributed by atoms with van der Waals surface area (Å²) < 4.78 is 0. The summed E-state index contributed by atoms with van der Waals surface area (Å²) in [5.41, 5.74) is 0. The quantitative estimate of drug-likeness (QED) is 0.417. The maximum absolute atomic E-state index is 9.24. The Morgan fingerprint density at radius 1 is 1.20 bits per heavy atom. The van der Waals surface area contributed by atoms with Gasteiger partial charge in [0.2, 0.25) is 0 Å². The zero-order valence-corrected chi connectivity index (χ0v) is 10.0. The van der Waals surface area contributed by atoms with Crippen LogP contribution in [0, 0.1) is 11.8 Å². The molecule has 0 aromatic heterocycles. The van der Waals surface area contributed by atoms with Gasteiger partial charge >= 0.3 is 0 Å². The molecule has 1 aliphatic carbocycles. The Labute approximate surface area is 97.7 Å². The van der Waals surface area contributed by atoms with Crippen molar-refractivity contribution in [2.45, 2.75) is 25.7 Å². The smallest absolute Gasteiger partial charge is 0.0462 e. The minimum atomic E-state index is 0.351. The molecule has 0 spiro atoms. The molecule has 1 rings (SSSR count).